The molecule has 1 aliphatic rings. The summed E-state index contributed by atoms with van der Waals surface area (Å²) in [6.07, 6.45) is 0.882. The van der Waals surface area contributed by atoms with Crippen molar-refractivity contribution in [3.8, 4) is 5.75 Å². The third-order valence-electron chi connectivity index (χ3n) is 4.40. The van der Waals surface area contributed by atoms with Gasteiger partial charge in [0.15, 0.2) is 6.10 Å². The summed E-state index contributed by atoms with van der Waals surface area (Å²) < 4.78 is 5.76. The van der Waals surface area contributed by atoms with Crippen molar-refractivity contribution in [3.05, 3.63) is 53.6 Å². The molecule has 2 amide bonds. The molecule has 1 unspecified atom stereocenters. The van der Waals surface area contributed by atoms with Gasteiger partial charge >= 0.3 is 0 Å². The van der Waals surface area contributed by atoms with Crippen LogP contribution in [0.1, 0.15) is 30.9 Å². The van der Waals surface area contributed by atoms with Crippen molar-refractivity contribution >= 4 is 23.2 Å². The van der Waals surface area contributed by atoms with Crippen LogP contribution in [0.3, 0.4) is 0 Å². The molecule has 1 atom stereocenters. The molecule has 3 rings (SSSR count). The minimum absolute atomic E-state index is 0.150. The molecule has 0 aromatic heterocycles. The van der Waals surface area contributed by atoms with Crippen LogP contribution in [0, 0.1) is 13.8 Å². The third kappa shape index (κ3) is 4.23. The molecule has 1 aliphatic heterocycles. The summed E-state index contributed by atoms with van der Waals surface area (Å²) in [5.41, 5.74) is 3.74. The highest BCUT2D eigenvalue weighted by Crippen LogP contribution is 2.23. The minimum atomic E-state index is -0.615. The zero-order chi connectivity index (χ0) is 18.7. The second-order valence-corrected chi connectivity index (χ2v) is 6.77. The molecule has 0 radical (unpaired) electrons. The molecule has 136 valence electrons. The first-order valence-corrected chi connectivity index (χ1v) is 8.88. The van der Waals surface area contributed by atoms with E-state index in [9.17, 15) is 9.59 Å². The van der Waals surface area contributed by atoms with Gasteiger partial charge in [0, 0.05) is 24.3 Å². The summed E-state index contributed by atoms with van der Waals surface area (Å²) >= 11 is 0. The van der Waals surface area contributed by atoms with Gasteiger partial charge in [0.2, 0.25) is 5.91 Å². The van der Waals surface area contributed by atoms with E-state index < -0.39 is 6.10 Å². The van der Waals surface area contributed by atoms with Crippen molar-refractivity contribution in [2.24, 2.45) is 0 Å². The summed E-state index contributed by atoms with van der Waals surface area (Å²) in [4.78, 5) is 25.9. The first kappa shape index (κ1) is 18.0. The van der Waals surface area contributed by atoms with E-state index in [1.54, 1.807) is 11.8 Å². The maximum Gasteiger partial charge on any atom is 0.265 e. The second kappa shape index (κ2) is 7.60. The van der Waals surface area contributed by atoms with Crippen LogP contribution >= 0.6 is 0 Å². The van der Waals surface area contributed by atoms with E-state index in [-0.39, 0.29) is 11.8 Å². The molecule has 0 aliphatic carbocycles. The summed E-state index contributed by atoms with van der Waals surface area (Å²) in [5.74, 6) is 0.624. The van der Waals surface area contributed by atoms with Gasteiger partial charge in [-0.2, -0.15) is 0 Å². The number of carbonyl (C=O) groups excluding carboxylic acids is 2. The van der Waals surface area contributed by atoms with Crippen molar-refractivity contribution in [2.45, 2.75) is 39.7 Å². The Balaban J connectivity index is 1.61. The average molecular weight is 352 g/mol. The van der Waals surface area contributed by atoms with E-state index >= 15 is 0 Å². The van der Waals surface area contributed by atoms with Gasteiger partial charge in [-0.05, 0) is 74.7 Å². The van der Waals surface area contributed by atoms with E-state index in [2.05, 4.69) is 11.4 Å². The number of ether oxygens (including phenoxy) is 1. The van der Waals surface area contributed by atoms with Gasteiger partial charge in [-0.3, -0.25) is 9.59 Å². The Morgan fingerprint density at radius 2 is 1.77 bits per heavy atom. The van der Waals surface area contributed by atoms with Crippen LogP contribution in [-0.2, 0) is 9.59 Å². The van der Waals surface area contributed by atoms with Crippen molar-refractivity contribution in [1.82, 2.24) is 0 Å². The van der Waals surface area contributed by atoms with E-state index in [0.29, 0.717) is 17.9 Å². The summed E-state index contributed by atoms with van der Waals surface area (Å²) in [5, 5.41) is 2.85. The molecule has 1 saturated heterocycles. The summed E-state index contributed by atoms with van der Waals surface area (Å²) in [6.45, 7) is 6.48. The molecule has 1 N–H and O–H groups in total. The average Bonchev–Trinajstić information content (AvgIpc) is 3.00. The first-order valence-electron chi connectivity index (χ1n) is 8.88. The van der Waals surface area contributed by atoms with Crippen LogP contribution in [0.25, 0.3) is 0 Å². The lowest BCUT2D eigenvalue weighted by atomic mass is 10.1. The first-order chi connectivity index (χ1) is 12.4. The molecule has 1 fully saturated rings. The largest absolute Gasteiger partial charge is 0.481 e. The van der Waals surface area contributed by atoms with E-state index in [1.165, 1.54) is 0 Å². The molecular formula is C21H24N2O3. The lowest BCUT2D eigenvalue weighted by Crippen LogP contribution is -2.30. The van der Waals surface area contributed by atoms with Gasteiger partial charge in [0.1, 0.15) is 5.75 Å². The van der Waals surface area contributed by atoms with Crippen molar-refractivity contribution in [3.63, 3.8) is 0 Å². The Kier molecular flexibility index (Phi) is 5.26. The normalized spacial score (nSPS) is 15.0. The van der Waals surface area contributed by atoms with Crippen LogP contribution in [0.15, 0.2) is 42.5 Å². The fourth-order valence-electron chi connectivity index (χ4n) is 3.15. The molecule has 0 saturated carbocycles. The van der Waals surface area contributed by atoms with Crippen LogP contribution < -0.4 is 15.0 Å². The highest BCUT2D eigenvalue weighted by atomic mass is 16.5. The highest BCUT2D eigenvalue weighted by molar-refractivity contribution is 5.96. The topological polar surface area (TPSA) is 58.6 Å². The van der Waals surface area contributed by atoms with Gasteiger partial charge < -0.3 is 15.0 Å². The van der Waals surface area contributed by atoms with Gasteiger partial charge in [-0.25, -0.2) is 0 Å². The Morgan fingerprint density at radius 3 is 2.35 bits per heavy atom. The monoisotopic (exact) mass is 352 g/mol. The van der Waals surface area contributed by atoms with Crippen molar-refractivity contribution < 1.29 is 14.3 Å². The predicted molar refractivity (Wildman–Crippen MR) is 103 cm³/mol. The summed E-state index contributed by atoms with van der Waals surface area (Å²) in [7, 11) is 0. The molecule has 2 aromatic carbocycles. The molecule has 0 bridgehead atoms. The maximum absolute atomic E-state index is 12.4. The lowest BCUT2D eigenvalue weighted by Gasteiger charge is -2.17. The number of aryl methyl sites for hydroxylation is 2. The molecule has 2 aromatic rings. The number of anilines is 2. The molecule has 5 nitrogen and oxygen atoms in total. The van der Waals surface area contributed by atoms with Crippen LogP contribution in [0.5, 0.6) is 5.75 Å². The standard InChI is InChI=1S/C21H24N2O3/c1-14-11-15(2)13-19(12-14)26-16(3)21(25)22-17-6-8-18(9-7-17)23-10-4-5-20(23)24/h6-9,11-13,16H,4-5,10H2,1-3H3,(H,22,25). The summed E-state index contributed by atoms with van der Waals surface area (Å²) in [6, 6.07) is 13.2. The number of amides is 2. The number of benzene rings is 2. The quantitative estimate of drug-likeness (QED) is 0.889. The van der Waals surface area contributed by atoms with Crippen molar-refractivity contribution in [2.75, 3.05) is 16.8 Å². The molecular weight excluding hydrogens is 328 g/mol. The van der Waals surface area contributed by atoms with E-state index in [0.717, 1.165) is 29.8 Å². The highest BCUT2D eigenvalue weighted by Gasteiger charge is 2.21. The van der Waals surface area contributed by atoms with Crippen LogP contribution in [0.2, 0.25) is 0 Å². The van der Waals surface area contributed by atoms with Gasteiger partial charge in [0.05, 0.1) is 0 Å². The number of nitrogens with one attached hydrogen (secondary N) is 1. The number of carbonyl (C=O) groups is 2. The maximum atomic E-state index is 12.4. The van der Waals surface area contributed by atoms with Gasteiger partial charge in [-0.15, -0.1) is 0 Å². The fraction of sp³-hybridized carbons (Fsp3) is 0.333. The van der Waals surface area contributed by atoms with E-state index in [1.807, 2.05) is 50.2 Å². The fourth-order valence-corrected chi connectivity index (χ4v) is 3.15. The SMILES string of the molecule is Cc1cc(C)cc(OC(C)C(=O)Nc2ccc(N3CCCC3=O)cc2)c1. The second-order valence-electron chi connectivity index (χ2n) is 6.77. The zero-order valence-corrected chi connectivity index (χ0v) is 15.4. The smallest absolute Gasteiger partial charge is 0.265 e. The molecule has 0 spiro atoms. The number of nitrogens with zero attached hydrogens (tertiary/aromatic N) is 1. The van der Waals surface area contributed by atoms with Gasteiger partial charge in [0.25, 0.3) is 5.91 Å². The Hall–Kier alpha value is -2.82. The minimum Gasteiger partial charge on any atom is -0.481 e. The Morgan fingerprint density at radius 1 is 1.12 bits per heavy atom. The Bertz CT molecular complexity index is 794. The number of hydrogen-bond donors (Lipinski definition) is 1. The number of hydrogen-bond acceptors (Lipinski definition) is 3. The Labute approximate surface area is 154 Å². The zero-order valence-electron chi connectivity index (χ0n) is 15.4. The van der Waals surface area contributed by atoms with Gasteiger partial charge in [-0.1, -0.05) is 6.07 Å². The molecule has 5 heteroatoms. The third-order valence-corrected chi connectivity index (χ3v) is 4.40. The lowest BCUT2D eigenvalue weighted by molar-refractivity contribution is -0.122. The van der Waals surface area contributed by atoms with E-state index in [4.69, 9.17) is 4.74 Å². The van der Waals surface area contributed by atoms with Crippen molar-refractivity contribution in [1.29, 1.82) is 0 Å². The van der Waals surface area contributed by atoms with Crippen LogP contribution in [0.4, 0.5) is 11.4 Å². The molecule has 26 heavy (non-hydrogen) atoms. The molecule has 1 heterocycles. The number of rotatable bonds is 5. The van der Waals surface area contributed by atoms with Crippen LogP contribution in [-0.4, -0.2) is 24.5 Å². The predicted octanol–water partition coefficient (Wildman–Crippen LogP) is 3.84.